The van der Waals surface area contributed by atoms with E-state index in [0.29, 0.717) is 19.6 Å². The summed E-state index contributed by atoms with van der Waals surface area (Å²) in [7, 11) is 0. The van der Waals surface area contributed by atoms with E-state index in [4.69, 9.17) is 10.5 Å². The molecule has 1 aliphatic heterocycles. The van der Waals surface area contributed by atoms with Gasteiger partial charge in [-0.2, -0.15) is 0 Å². The van der Waals surface area contributed by atoms with E-state index in [9.17, 15) is 9.90 Å². The van der Waals surface area contributed by atoms with Gasteiger partial charge in [0.05, 0.1) is 18.8 Å². The molecular formula is C19H28N2O3. The van der Waals surface area contributed by atoms with Crippen molar-refractivity contribution >= 4 is 5.91 Å². The summed E-state index contributed by atoms with van der Waals surface area (Å²) in [6.45, 7) is 3.46. The fourth-order valence-electron chi connectivity index (χ4n) is 4.55. The van der Waals surface area contributed by atoms with Crippen molar-refractivity contribution in [2.75, 3.05) is 19.7 Å². The molecule has 3 N–H and O–H groups in total. The van der Waals surface area contributed by atoms with Crippen molar-refractivity contribution in [2.24, 2.45) is 11.7 Å². The van der Waals surface area contributed by atoms with Crippen LogP contribution in [0, 0.1) is 5.92 Å². The quantitative estimate of drug-likeness (QED) is 0.867. The first kappa shape index (κ1) is 17.2. The number of hydrogen-bond acceptors (Lipinski definition) is 4. The molecule has 2 fully saturated rings. The number of benzene rings is 1. The number of carbonyl (C=O) groups is 1. The van der Waals surface area contributed by atoms with Crippen molar-refractivity contribution < 1.29 is 14.6 Å². The first-order chi connectivity index (χ1) is 11.5. The van der Waals surface area contributed by atoms with Crippen LogP contribution >= 0.6 is 0 Å². The van der Waals surface area contributed by atoms with Crippen molar-refractivity contribution in [3.63, 3.8) is 0 Å². The van der Waals surface area contributed by atoms with Crippen molar-refractivity contribution in [1.29, 1.82) is 0 Å². The molecule has 0 radical (unpaired) electrons. The number of aliphatic hydroxyl groups is 1. The van der Waals surface area contributed by atoms with Crippen LogP contribution in [0.4, 0.5) is 0 Å². The molecule has 1 saturated carbocycles. The van der Waals surface area contributed by atoms with E-state index in [1.165, 1.54) is 0 Å². The number of nitrogens with two attached hydrogens (primary N) is 1. The highest BCUT2D eigenvalue weighted by molar-refractivity contribution is 5.76. The molecule has 1 heterocycles. The Morgan fingerprint density at radius 2 is 2.17 bits per heavy atom. The molecule has 24 heavy (non-hydrogen) atoms. The maximum atomic E-state index is 11.6. The number of likely N-dealkylation sites (tertiary alicyclic amines) is 1. The summed E-state index contributed by atoms with van der Waals surface area (Å²) in [5.41, 5.74) is 5.91. The molecule has 1 saturated heterocycles. The van der Waals surface area contributed by atoms with E-state index < -0.39 is 5.60 Å². The van der Waals surface area contributed by atoms with Gasteiger partial charge in [0, 0.05) is 24.1 Å². The Morgan fingerprint density at radius 1 is 1.38 bits per heavy atom. The van der Waals surface area contributed by atoms with Crippen molar-refractivity contribution in [2.45, 2.75) is 50.7 Å². The van der Waals surface area contributed by atoms with Gasteiger partial charge in [0.25, 0.3) is 0 Å². The Hall–Kier alpha value is -1.59. The lowest BCUT2D eigenvalue weighted by atomic mass is 9.66. The average molecular weight is 332 g/mol. The maximum absolute atomic E-state index is 11.6. The van der Waals surface area contributed by atoms with E-state index in [-0.39, 0.29) is 24.4 Å². The van der Waals surface area contributed by atoms with Crippen LogP contribution in [0.5, 0.6) is 5.75 Å². The minimum absolute atomic E-state index is 0.0284. The summed E-state index contributed by atoms with van der Waals surface area (Å²) in [6, 6.07) is 7.96. The molecule has 0 aromatic heterocycles. The molecule has 0 spiro atoms. The van der Waals surface area contributed by atoms with Crippen molar-refractivity contribution in [1.82, 2.24) is 4.90 Å². The zero-order chi connectivity index (χ0) is 17.2. The molecule has 1 amide bonds. The first-order valence-corrected chi connectivity index (χ1v) is 9.01. The second kappa shape index (κ2) is 7.11. The molecule has 3 atom stereocenters. The lowest BCUT2D eigenvalue weighted by Crippen LogP contribution is -2.56. The van der Waals surface area contributed by atoms with E-state index in [1.54, 1.807) is 0 Å². The maximum Gasteiger partial charge on any atom is 0.231 e. The van der Waals surface area contributed by atoms with E-state index in [0.717, 1.165) is 37.0 Å². The first-order valence-electron chi connectivity index (χ1n) is 9.01. The van der Waals surface area contributed by atoms with Gasteiger partial charge in [0.1, 0.15) is 5.75 Å². The molecule has 5 nitrogen and oxygen atoms in total. The fourth-order valence-corrected chi connectivity index (χ4v) is 4.55. The van der Waals surface area contributed by atoms with E-state index >= 15 is 0 Å². The number of ether oxygens (including phenoxy) is 1. The summed E-state index contributed by atoms with van der Waals surface area (Å²) >= 11 is 0. The monoisotopic (exact) mass is 332 g/mol. The Morgan fingerprint density at radius 3 is 2.92 bits per heavy atom. The van der Waals surface area contributed by atoms with Gasteiger partial charge in [-0.25, -0.2) is 0 Å². The lowest BCUT2D eigenvalue weighted by Gasteiger charge is -2.52. The van der Waals surface area contributed by atoms with Crippen LogP contribution in [0.2, 0.25) is 0 Å². The summed E-state index contributed by atoms with van der Waals surface area (Å²) < 4.78 is 5.83. The predicted octanol–water partition coefficient (Wildman–Crippen LogP) is 2.24. The fraction of sp³-hybridized carbons (Fsp3) is 0.632. The van der Waals surface area contributed by atoms with E-state index in [1.807, 2.05) is 25.1 Å². The van der Waals surface area contributed by atoms with Gasteiger partial charge >= 0.3 is 0 Å². The smallest absolute Gasteiger partial charge is 0.231 e. The second-order valence-electron chi connectivity index (χ2n) is 7.06. The minimum Gasteiger partial charge on any atom is -0.494 e. The van der Waals surface area contributed by atoms with Crippen molar-refractivity contribution in [3.05, 3.63) is 29.8 Å². The van der Waals surface area contributed by atoms with Gasteiger partial charge in [-0.1, -0.05) is 31.0 Å². The Labute approximate surface area is 143 Å². The zero-order valence-corrected chi connectivity index (χ0v) is 14.4. The van der Waals surface area contributed by atoms with Gasteiger partial charge in [0.15, 0.2) is 0 Å². The third kappa shape index (κ3) is 3.28. The van der Waals surface area contributed by atoms with E-state index in [2.05, 4.69) is 11.0 Å². The number of hydrogen-bond donors (Lipinski definition) is 2. The molecule has 1 aromatic rings. The topological polar surface area (TPSA) is 75.8 Å². The molecule has 5 heteroatoms. The molecular weight excluding hydrogens is 304 g/mol. The van der Waals surface area contributed by atoms with Gasteiger partial charge in [-0.3, -0.25) is 9.69 Å². The van der Waals surface area contributed by atoms with Gasteiger partial charge in [0.2, 0.25) is 5.91 Å². The highest BCUT2D eigenvalue weighted by Crippen LogP contribution is 2.50. The average Bonchev–Trinajstić information content (AvgIpc) is 2.55. The largest absolute Gasteiger partial charge is 0.494 e. The second-order valence-corrected chi connectivity index (χ2v) is 7.06. The molecule has 0 unspecified atom stereocenters. The number of amides is 1. The number of piperidine rings is 1. The SMILES string of the molecule is CCOc1ccccc1[C@@H]1[C@@H]2CCCC[C@]2(O)CCN1CC(N)=O. The third-order valence-electron chi connectivity index (χ3n) is 5.57. The Kier molecular flexibility index (Phi) is 5.11. The lowest BCUT2D eigenvalue weighted by molar-refractivity contribution is -0.136. The number of para-hydroxylation sites is 1. The highest BCUT2D eigenvalue weighted by Gasteiger charge is 2.49. The zero-order valence-electron chi connectivity index (χ0n) is 14.4. The normalized spacial score (nSPS) is 30.6. The Bertz CT molecular complexity index is 592. The summed E-state index contributed by atoms with van der Waals surface area (Å²) in [6.07, 6.45) is 4.71. The number of primary amides is 1. The van der Waals surface area contributed by atoms with Gasteiger partial charge in [-0.05, 0) is 32.3 Å². The molecule has 1 aromatic carbocycles. The van der Waals surface area contributed by atoms with Crippen LogP contribution in [0.3, 0.4) is 0 Å². The van der Waals surface area contributed by atoms with Crippen LogP contribution in [0.1, 0.15) is 50.6 Å². The molecule has 132 valence electrons. The van der Waals surface area contributed by atoms with Gasteiger partial charge < -0.3 is 15.6 Å². The van der Waals surface area contributed by atoms with Crippen LogP contribution in [-0.4, -0.2) is 41.2 Å². The number of carbonyl (C=O) groups excluding carboxylic acids is 1. The summed E-state index contributed by atoms with van der Waals surface area (Å²) in [5.74, 6) is 0.630. The van der Waals surface area contributed by atoms with Crippen LogP contribution < -0.4 is 10.5 Å². The Balaban J connectivity index is 2.01. The molecule has 1 aliphatic carbocycles. The van der Waals surface area contributed by atoms with Crippen molar-refractivity contribution in [3.8, 4) is 5.75 Å². The predicted molar refractivity (Wildman–Crippen MR) is 92.6 cm³/mol. The van der Waals surface area contributed by atoms with Crippen LogP contribution in [0.15, 0.2) is 24.3 Å². The van der Waals surface area contributed by atoms with Gasteiger partial charge in [-0.15, -0.1) is 0 Å². The third-order valence-corrected chi connectivity index (χ3v) is 5.57. The number of fused-ring (bicyclic) bond motifs is 1. The minimum atomic E-state index is -0.642. The summed E-state index contributed by atoms with van der Waals surface area (Å²) in [5, 5.41) is 11.2. The molecule has 3 rings (SSSR count). The molecule has 2 aliphatic rings. The highest BCUT2D eigenvalue weighted by atomic mass is 16.5. The van der Waals surface area contributed by atoms with Crippen LogP contribution in [0.25, 0.3) is 0 Å². The summed E-state index contributed by atoms with van der Waals surface area (Å²) in [4.78, 5) is 13.7. The standard InChI is InChI=1S/C19H28N2O3/c1-2-24-16-9-4-3-7-14(16)18-15-8-5-6-10-19(15,23)11-12-21(18)13-17(20)22/h3-4,7,9,15,18,23H,2,5-6,8,10-13H2,1H3,(H2,20,22)/t15-,18+,19-/m0/s1. The number of rotatable bonds is 5. The van der Waals surface area contributed by atoms with Crippen LogP contribution in [-0.2, 0) is 4.79 Å². The molecule has 0 bridgehead atoms. The number of nitrogens with zero attached hydrogens (tertiary/aromatic N) is 1.